The summed E-state index contributed by atoms with van der Waals surface area (Å²) in [5.41, 5.74) is 0. The Morgan fingerprint density at radius 3 is 2.43 bits per heavy atom. The molecule has 4 saturated carbocycles. The van der Waals surface area contributed by atoms with Gasteiger partial charge in [0.2, 0.25) is 5.91 Å². The summed E-state index contributed by atoms with van der Waals surface area (Å²) < 4.78 is 5.33. The van der Waals surface area contributed by atoms with E-state index in [-0.39, 0.29) is 0 Å². The average molecular weight is 287 g/mol. The average Bonchev–Trinajstić information content (AvgIpc) is 2.96. The van der Waals surface area contributed by atoms with E-state index in [2.05, 4.69) is 4.90 Å². The molecule has 4 aliphatic rings. The van der Waals surface area contributed by atoms with Crippen molar-refractivity contribution < 1.29 is 9.21 Å². The topological polar surface area (TPSA) is 33.5 Å². The number of furan rings is 1. The Bertz CT molecular complexity index is 479. The van der Waals surface area contributed by atoms with E-state index in [1.54, 1.807) is 6.26 Å². The number of carbonyl (C=O) groups excluding carboxylic acids is 1. The third-order valence-electron chi connectivity index (χ3n) is 6.18. The van der Waals surface area contributed by atoms with Gasteiger partial charge in [0.1, 0.15) is 5.76 Å². The second-order valence-electron chi connectivity index (χ2n) is 7.51. The SMILES string of the molecule is CN(C(=O)CCc1ccco1)C1C2CC3CC(C2)CC1C3. The van der Waals surface area contributed by atoms with Gasteiger partial charge in [0.15, 0.2) is 0 Å². The number of rotatable bonds is 4. The van der Waals surface area contributed by atoms with Crippen LogP contribution in [0.25, 0.3) is 0 Å². The van der Waals surface area contributed by atoms with Crippen LogP contribution in [0.4, 0.5) is 0 Å². The number of aryl methyl sites for hydroxylation is 1. The van der Waals surface area contributed by atoms with Crippen molar-refractivity contribution in [3.05, 3.63) is 24.2 Å². The van der Waals surface area contributed by atoms with E-state index < -0.39 is 0 Å². The maximum atomic E-state index is 12.5. The molecule has 0 aliphatic heterocycles. The van der Waals surface area contributed by atoms with Gasteiger partial charge in [-0.05, 0) is 67.9 Å². The monoisotopic (exact) mass is 287 g/mol. The first-order valence-electron chi connectivity index (χ1n) is 8.48. The minimum Gasteiger partial charge on any atom is -0.469 e. The van der Waals surface area contributed by atoms with Gasteiger partial charge < -0.3 is 9.32 Å². The maximum Gasteiger partial charge on any atom is 0.223 e. The van der Waals surface area contributed by atoms with E-state index in [9.17, 15) is 4.79 Å². The molecular formula is C18H25NO2. The molecule has 114 valence electrons. The highest BCUT2D eigenvalue weighted by Crippen LogP contribution is 2.54. The first-order chi connectivity index (χ1) is 10.2. The largest absolute Gasteiger partial charge is 0.469 e. The summed E-state index contributed by atoms with van der Waals surface area (Å²) >= 11 is 0. The molecule has 1 amide bonds. The molecule has 5 rings (SSSR count). The van der Waals surface area contributed by atoms with Crippen molar-refractivity contribution in [2.45, 2.75) is 51.0 Å². The van der Waals surface area contributed by atoms with Gasteiger partial charge in [-0.2, -0.15) is 0 Å². The van der Waals surface area contributed by atoms with E-state index in [0.717, 1.165) is 35.9 Å². The minimum atomic E-state index is 0.295. The summed E-state index contributed by atoms with van der Waals surface area (Å²) in [6.07, 6.45) is 9.93. The molecule has 21 heavy (non-hydrogen) atoms. The molecule has 0 aromatic carbocycles. The Kier molecular flexibility index (Phi) is 3.31. The van der Waals surface area contributed by atoms with Gasteiger partial charge in [-0.25, -0.2) is 0 Å². The quantitative estimate of drug-likeness (QED) is 0.849. The van der Waals surface area contributed by atoms with Crippen molar-refractivity contribution in [2.24, 2.45) is 23.7 Å². The van der Waals surface area contributed by atoms with Crippen molar-refractivity contribution in [2.75, 3.05) is 7.05 Å². The van der Waals surface area contributed by atoms with Crippen LogP contribution in [-0.4, -0.2) is 23.9 Å². The summed E-state index contributed by atoms with van der Waals surface area (Å²) in [5, 5.41) is 0. The Balaban J connectivity index is 1.40. The Morgan fingerprint density at radius 2 is 1.86 bits per heavy atom. The lowest BCUT2D eigenvalue weighted by Crippen LogP contribution is -2.56. The van der Waals surface area contributed by atoms with Crippen molar-refractivity contribution in [3.63, 3.8) is 0 Å². The van der Waals surface area contributed by atoms with Crippen molar-refractivity contribution in [1.82, 2.24) is 4.90 Å². The molecule has 0 unspecified atom stereocenters. The van der Waals surface area contributed by atoms with Crippen molar-refractivity contribution >= 4 is 5.91 Å². The Hall–Kier alpha value is -1.25. The predicted molar refractivity (Wildman–Crippen MR) is 80.6 cm³/mol. The van der Waals surface area contributed by atoms with E-state index in [0.29, 0.717) is 18.4 Å². The molecule has 3 nitrogen and oxygen atoms in total. The summed E-state index contributed by atoms with van der Waals surface area (Å²) in [6, 6.07) is 4.36. The van der Waals surface area contributed by atoms with Crippen LogP contribution in [0.15, 0.2) is 22.8 Å². The highest BCUT2D eigenvalue weighted by atomic mass is 16.3. The standard InChI is InChI=1S/C18H25NO2/c1-19(17(20)5-4-16-3-2-6-21-16)18-14-8-12-7-13(10-14)11-15(18)9-12/h2-3,6,12-15,18H,4-5,7-11H2,1H3. The molecule has 1 aromatic rings. The van der Waals surface area contributed by atoms with Crippen LogP contribution >= 0.6 is 0 Å². The lowest BCUT2D eigenvalue weighted by atomic mass is 9.54. The second-order valence-corrected chi connectivity index (χ2v) is 7.51. The summed E-state index contributed by atoms with van der Waals surface area (Å²) in [5.74, 6) is 4.70. The normalized spacial score (nSPS) is 36.9. The fourth-order valence-corrected chi connectivity index (χ4v) is 5.56. The van der Waals surface area contributed by atoms with Gasteiger partial charge >= 0.3 is 0 Å². The number of amides is 1. The van der Waals surface area contributed by atoms with E-state index in [4.69, 9.17) is 4.42 Å². The molecule has 0 saturated heterocycles. The zero-order valence-electron chi connectivity index (χ0n) is 12.8. The number of nitrogens with zero attached hydrogens (tertiary/aromatic N) is 1. The molecule has 0 spiro atoms. The van der Waals surface area contributed by atoms with Crippen LogP contribution in [0.1, 0.15) is 44.3 Å². The molecule has 4 fully saturated rings. The minimum absolute atomic E-state index is 0.295. The van der Waals surface area contributed by atoms with Crippen LogP contribution in [0.2, 0.25) is 0 Å². The van der Waals surface area contributed by atoms with Crippen molar-refractivity contribution in [1.29, 1.82) is 0 Å². The maximum absolute atomic E-state index is 12.5. The lowest BCUT2D eigenvalue weighted by Gasteiger charge is -2.56. The van der Waals surface area contributed by atoms with Crippen LogP contribution in [-0.2, 0) is 11.2 Å². The number of hydrogen-bond acceptors (Lipinski definition) is 2. The molecule has 4 bridgehead atoms. The smallest absolute Gasteiger partial charge is 0.223 e. The van der Waals surface area contributed by atoms with Crippen LogP contribution < -0.4 is 0 Å². The van der Waals surface area contributed by atoms with E-state index >= 15 is 0 Å². The first kappa shape index (κ1) is 13.4. The van der Waals surface area contributed by atoms with Gasteiger partial charge in [-0.3, -0.25) is 4.79 Å². The highest BCUT2D eigenvalue weighted by Gasteiger charge is 2.50. The lowest BCUT2D eigenvalue weighted by molar-refractivity contribution is -0.141. The Morgan fingerprint density at radius 1 is 1.19 bits per heavy atom. The van der Waals surface area contributed by atoms with E-state index in [1.165, 1.54) is 32.1 Å². The fraction of sp³-hybridized carbons (Fsp3) is 0.722. The molecule has 4 aliphatic carbocycles. The third-order valence-corrected chi connectivity index (χ3v) is 6.18. The molecule has 1 aromatic heterocycles. The van der Waals surface area contributed by atoms with Crippen LogP contribution in [0, 0.1) is 23.7 Å². The van der Waals surface area contributed by atoms with Gasteiger partial charge in [0.05, 0.1) is 6.26 Å². The summed E-state index contributed by atoms with van der Waals surface area (Å²) in [6.45, 7) is 0. The van der Waals surface area contributed by atoms with Gasteiger partial charge in [0.25, 0.3) is 0 Å². The molecular weight excluding hydrogens is 262 g/mol. The second kappa shape index (κ2) is 5.19. The summed E-state index contributed by atoms with van der Waals surface area (Å²) in [7, 11) is 2.04. The zero-order chi connectivity index (χ0) is 14.4. The molecule has 0 atom stereocenters. The molecule has 1 heterocycles. The third kappa shape index (κ3) is 2.41. The van der Waals surface area contributed by atoms with Crippen LogP contribution in [0.3, 0.4) is 0 Å². The van der Waals surface area contributed by atoms with E-state index in [1.807, 2.05) is 19.2 Å². The number of hydrogen-bond donors (Lipinski definition) is 0. The van der Waals surface area contributed by atoms with Gasteiger partial charge in [-0.1, -0.05) is 0 Å². The fourth-order valence-electron chi connectivity index (χ4n) is 5.56. The molecule has 3 heteroatoms. The highest BCUT2D eigenvalue weighted by molar-refractivity contribution is 5.76. The van der Waals surface area contributed by atoms with Gasteiger partial charge in [-0.15, -0.1) is 0 Å². The molecule has 0 radical (unpaired) electrons. The number of carbonyl (C=O) groups is 1. The first-order valence-corrected chi connectivity index (χ1v) is 8.48. The summed E-state index contributed by atoms with van der Waals surface area (Å²) in [4.78, 5) is 14.6. The van der Waals surface area contributed by atoms with Crippen molar-refractivity contribution in [3.8, 4) is 0 Å². The zero-order valence-corrected chi connectivity index (χ0v) is 12.8. The predicted octanol–water partition coefficient (Wildman–Crippen LogP) is 3.50. The molecule has 0 N–H and O–H groups in total. The Labute approximate surface area is 126 Å². The van der Waals surface area contributed by atoms with Gasteiger partial charge in [0, 0.05) is 25.9 Å². The van der Waals surface area contributed by atoms with Crippen LogP contribution in [0.5, 0.6) is 0 Å².